The van der Waals surface area contributed by atoms with E-state index in [1.165, 1.54) is 28.6 Å². The number of halogens is 1. The van der Waals surface area contributed by atoms with Crippen molar-refractivity contribution >= 4 is 20.0 Å². The third-order valence-electron chi connectivity index (χ3n) is 4.28. The molecule has 1 aliphatic heterocycles. The predicted molar refractivity (Wildman–Crippen MR) is 95.1 cm³/mol. The van der Waals surface area contributed by atoms with Gasteiger partial charge in [-0.2, -0.15) is 8.61 Å². The van der Waals surface area contributed by atoms with Gasteiger partial charge in [-0.1, -0.05) is 24.3 Å². The van der Waals surface area contributed by atoms with Gasteiger partial charge in [-0.25, -0.2) is 21.2 Å². The van der Waals surface area contributed by atoms with Crippen LogP contribution in [0.2, 0.25) is 0 Å². The Kier molecular flexibility index (Phi) is 5.16. The highest BCUT2D eigenvalue weighted by Crippen LogP contribution is 2.23. The van der Waals surface area contributed by atoms with Gasteiger partial charge in [-0.15, -0.1) is 0 Å². The zero-order chi connectivity index (χ0) is 18.9. The van der Waals surface area contributed by atoms with Crippen LogP contribution in [0.3, 0.4) is 0 Å². The minimum atomic E-state index is -4.00. The number of aryl methyl sites for hydroxylation is 1. The van der Waals surface area contributed by atoms with Crippen molar-refractivity contribution in [1.29, 1.82) is 0 Å². The Balaban J connectivity index is 1.78. The second-order valence-corrected chi connectivity index (χ2v) is 9.90. The lowest BCUT2D eigenvalue weighted by Crippen LogP contribution is -2.50. The van der Waals surface area contributed by atoms with E-state index in [1.807, 2.05) is 0 Å². The van der Waals surface area contributed by atoms with E-state index in [4.69, 9.17) is 0 Å². The maximum atomic E-state index is 13.9. The molecule has 0 unspecified atom stereocenters. The molecule has 1 fully saturated rings. The first kappa shape index (κ1) is 19.0. The summed E-state index contributed by atoms with van der Waals surface area (Å²) in [4.78, 5) is -0.210. The Morgan fingerprint density at radius 2 is 1.38 bits per heavy atom. The molecular formula is C17H19FN2O4S2. The van der Waals surface area contributed by atoms with Crippen molar-refractivity contribution in [2.45, 2.75) is 16.7 Å². The molecule has 26 heavy (non-hydrogen) atoms. The summed E-state index contributed by atoms with van der Waals surface area (Å²) < 4.78 is 66.9. The SMILES string of the molecule is Cc1cccc(S(=O)(=O)N2CCN(S(=O)(=O)c3ccccc3F)CC2)c1. The summed E-state index contributed by atoms with van der Waals surface area (Å²) in [7, 11) is -7.68. The van der Waals surface area contributed by atoms with Crippen molar-refractivity contribution in [1.82, 2.24) is 8.61 Å². The first-order valence-corrected chi connectivity index (χ1v) is 10.9. The molecule has 1 saturated heterocycles. The summed E-state index contributed by atoms with van der Waals surface area (Å²) >= 11 is 0. The van der Waals surface area contributed by atoms with Gasteiger partial charge in [0.15, 0.2) is 0 Å². The molecule has 0 N–H and O–H groups in total. The van der Waals surface area contributed by atoms with Crippen molar-refractivity contribution in [2.24, 2.45) is 0 Å². The molecular weight excluding hydrogens is 379 g/mol. The Morgan fingerprint density at radius 1 is 0.808 bits per heavy atom. The average molecular weight is 398 g/mol. The van der Waals surface area contributed by atoms with Crippen molar-refractivity contribution < 1.29 is 21.2 Å². The van der Waals surface area contributed by atoms with Crippen LogP contribution in [0.15, 0.2) is 58.3 Å². The van der Waals surface area contributed by atoms with E-state index in [-0.39, 0.29) is 31.1 Å². The van der Waals surface area contributed by atoms with E-state index in [9.17, 15) is 21.2 Å². The second-order valence-electron chi connectivity index (χ2n) is 6.06. The van der Waals surface area contributed by atoms with E-state index in [2.05, 4.69) is 0 Å². The van der Waals surface area contributed by atoms with Gasteiger partial charge in [0, 0.05) is 26.2 Å². The van der Waals surface area contributed by atoms with Gasteiger partial charge >= 0.3 is 0 Å². The lowest BCUT2D eigenvalue weighted by molar-refractivity contribution is 0.272. The van der Waals surface area contributed by atoms with Crippen molar-refractivity contribution in [3.63, 3.8) is 0 Å². The van der Waals surface area contributed by atoms with Crippen LogP contribution in [0.5, 0.6) is 0 Å². The summed E-state index contributed by atoms with van der Waals surface area (Å²) in [5, 5.41) is 0. The van der Waals surface area contributed by atoms with Crippen LogP contribution < -0.4 is 0 Å². The molecule has 0 spiro atoms. The monoisotopic (exact) mass is 398 g/mol. The van der Waals surface area contributed by atoms with Gasteiger partial charge in [-0.05, 0) is 36.8 Å². The van der Waals surface area contributed by atoms with E-state index in [0.29, 0.717) is 0 Å². The molecule has 0 aliphatic carbocycles. The lowest BCUT2D eigenvalue weighted by atomic mass is 10.2. The molecule has 0 amide bonds. The van der Waals surface area contributed by atoms with Crippen LogP contribution in [-0.2, 0) is 20.0 Å². The van der Waals surface area contributed by atoms with Gasteiger partial charge in [0.1, 0.15) is 10.7 Å². The fourth-order valence-corrected chi connectivity index (χ4v) is 5.88. The highest BCUT2D eigenvalue weighted by atomic mass is 32.2. The number of hydrogen-bond acceptors (Lipinski definition) is 4. The van der Waals surface area contributed by atoms with Gasteiger partial charge in [0.05, 0.1) is 4.90 Å². The number of nitrogens with zero attached hydrogens (tertiary/aromatic N) is 2. The topological polar surface area (TPSA) is 74.8 Å². The molecule has 6 nitrogen and oxygen atoms in total. The first-order valence-electron chi connectivity index (χ1n) is 8.04. The fraction of sp³-hybridized carbons (Fsp3) is 0.294. The number of piperazine rings is 1. The van der Waals surface area contributed by atoms with Gasteiger partial charge < -0.3 is 0 Å². The van der Waals surface area contributed by atoms with Gasteiger partial charge in [0.25, 0.3) is 0 Å². The largest absolute Gasteiger partial charge is 0.246 e. The molecule has 0 aromatic heterocycles. The highest BCUT2D eigenvalue weighted by molar-refractivity contribution is 7.89. The van der Waals surface area contributed by atoms with Crippen molar-refractivity contribution in [3.8, 4) is 0 Å². The predicted octanol–water partition coefficient (Wildman–Crippen LogP) is 1.83. The minimum Gasteiger partial charge on any atom is -0.207 e. The van der Waals surface area contributed by atoms with Crippen molar-refractivity contribution in [3.05, 3.63) is 59.9 Å². The number of hydrogen-bond donors (Lipinski definition) is 0. The Bertz CT molecular complexity index is 1010. The summed E-state index contributed by atoms with van der Waals surface area (Å²) in [6, 6.07) is 11.7. The molecule has 0 bridgehead atoms. The van der Waals surface area contributed by atoms with Crippen LogP contribution in [0.25, 0.3) is 0 Å². The molecule has 0 saturated carbocycles. The highest BCUT2D eigenvalue weighted by Gasteiger charge is 2.34. The van der Waals surface area contributed by atoms with Gasteiger partial charge in [0.2, 0.25) is 20.0 Å². The summed E-state index contributed by atoms with van der Waals surface area (Å²) in [6.07, 6.45) is 0. The Morgan fingerprint density at radius 3 is 1.96 bits per heavy atom. The smallest absolute Gasteiger partial charge is 0.207 e. The fourth-order valence-electron chi connectivity index (χ4n) is 2.87. The summed E-state index contributed by atoms with van der Waals surface area (Å²) in [5.74, 6) is -0.817. The molecule has 140 valence electrons. The van der Waals surface area contributed by atoms with Crippen LogP contribution in [0.1, 0.15) is 5.56 Å². The number of rotatable bonds is 4. The van der Waals surface area contributed by atoms with E-state index in [0.717, 1.165) is 15.9 Å². The average Bonchev–Trinajstić information content (AvgIpc) is 2.62. The molecule has 0 radical (unpaired) electrons. The maximum Gasteiger partial charge on any atom is 0.246 e. The summed E-state index contributed by atoms with van der Waals surface area (Å²) in [5.41, 5.74) is 0.826. The Labute approximate surface area is 153 Å². The zero-order valence-electron chi connectivity index (χ0n) is 14.2. The normalized spacial score (nSPS) is 17.3. The molecule has 9 heteroatoms. The molecule has 3 rings (SSSR count). The third kappa shape index (κ3) is 3.52. The molecule has 1 aliphatic rings. The van der Waals surface area contributed by atoms with Crippen LogP contribution in [0.4, 0.5) is 4.39 Å². The molecule has 2 aromatic carbocycles. The first-order chi connectivity index (χ1) is 12.2. The van der Waals surface area contributed by atoms with Crippen LogP contribution in [0, 0.1) is 12.7 Å². The summed E-state index contributed by atoms with van der Waals surface area (Å²) in [6.45, 7) is 1.79. The van der Waals surface area contributed by atoms with Crippen molar-refractivity contribution in [2.75, 3.05) is 26.2 Å². The molecule has 0 atom stereocenters. The minimum absolute atomic E-state index is 0.0178. The second kappa shape index (κ2) is 7.07. The Hall–Kier alpha value is -1.81. The maximum absolute atomic E-state index is 13.9. The van der Waals surface area contributed by atoms with Gasteiger partial charge in [-0.3, -0.25) is 0 Å². The standard InChI is InChI=1S/C17H19FN2O4S2/c1-14-5-4-6-15(13-14)25(21,22)19-9-11-20(12-10-19)26(23,24)17-8-3-2-7-16(17)18/h2-8,13H,9-12H2,1H3. The molecule has 1 heterocycles. The van der Waals surface area contributed by atoms with Crippen LogP contribution in [-0.4, -0.2) is 51.6 Å². The van der Waals surface area contributed by atoms with Crippen LogP contribution >= 0.6 is 0 Å². The van der Waals surface area contributed by atoms with E-state index in [1.54, 1.807) is 25.1 Å². The zero-order valence-corrected chi connectivity index (χ0v) is 15.8. The quantitative estimate of drug-likeness (QED) is 0.788. The van der Waals surface area contributed by atoms with E-state index < -0.39 is 30.8 Å². The number of benzene rings is 2. The third-order valence-corrected chi connectivity index (χ3v) is 8.11. The molecule has 2 aromatic rings. The lowest BCUT2D eigenvalue weighted by Gasteiger charge is -2.33. The van der Waals surface area contributed by atoms with E-state index >= 15 is 0 Å². The number of sulfonamides is 2.